The second-order valence-electron chi connectivity index (χ2n) is 6.05. The van der Waals surface area contributed by atoms with E-state index in [4.69, 9.17) is 13.7 Å². The molecule has 0 saturated carbocycles. The van der Waals surface area contributed by atoms with E-state index in [1.54, 1.807) is 6.07 Å². The van der Waals surface area contributed by atoms with Gasteiger partial charge in [0.05, 0.1) is 18.9 Å². The molecule has 8 nitrogen and oxygen atoms in total. The van der Waals surface area contributed by atoms with Crippen LogP contribution in [0, 0.1) is 13.8 Å². The van der Waals surface area contributed by atoms with Crippen molar-refractivity contribution in [3.05, 3.63) is 23.4 Å². The minimum Gasteiger partial charge on any atom is -0.440 e. The summed E-state index contributed by atoms with van der Waals surface area (Å²) in [4.78, 5) is 2.26. The number of ether oxygens (including phenoxy) is 1. The number of nitrogens with zero attached hydrogens (tertiary/aromatic N) is 2. The van der Waals surface area contributed by atoms with Gasteiger partial charge in [-0.05, 0) is 38.9 Å². The van der Waals surface area contributed by atoms with Crippen molar-refractivity contribution in [1.82, 2.24) is 14.8 Å². The minimum absolute atomic E-state index is 0.123. The van der Waals surface area contributed by atoms with Crippen molar-refractivity contribution in [2.75, 3.05) is 39.4 Å². The van der Waals surface area contributed by atoms with Crippen LogP contribution in [-0.4, -0.2) is 57.9 Å². The zero-order valence-corrected chi connectivity index (χ0v) is 15.3. The predicted octanol–water partition coefficient (Wildman–Crippen LogP) is 1.55. The van der Waals surface area contributed by atoms with Crippen molar-refractivity contribution in [1.29, 1.82) is 0 Å². The van der Waals surface area contributed by atoms with Gasteiger partial charge in [-0.3, -0.25) is 4.90 Å². The molecule has 25 heavy (non-hydrogen) atoms. The number of furan rings is 1. The summed E-state index contributed by atoms with van der Waals surface area (Å²) in [7, 11) is -3.68. The van der Waals surface area contributed by atoms with Crippen molar-refractivity contribution in [2.45, 2.75) is 25.4 Å². The third-order valence-electron chi connectivity index (χ3n) is 4.27. The maximum absolute atomic E-state index is 12.3. The molecule has 1 aliphatic rings. The summed E-state index contributed by atoms with van der Waals surface area (Å²) in [6.07, 6.45) is 0.729. The number of morpholine rings is 1. The van der Waals surface area contributed by atoms with Crippen molar-refractivity contribution in [3.63, 3.8) is 0 Å². The maximum Gasteiger partial charge on any atom is 0.273 e. The number of rotatable bonds is 7. The van der Waals surface area contributed by atoms with Crippen LogP contribution in [0.15, 0.2) is 26.2 Å². The third-order valence-corrected chi connectivity index (χ3v) is 5.61. The molecule has 0 unspecified atom stereocenters. The zero-order valence-electron chi connectivity index (χ0n) is 14.4. The van der Waals surface area contributed by atoms with E-state index in [9.17, 15) is 8.42 Å². The summed E-state index contributed by atoms with van der Waals surface area (Å²) in [5.74, 6) is 0.804. The average molecular weight is 369 g/mol. The Morgan fingerprint density at radius 1 is 1.24 bits per heavy atom. The van der Waals surface area contributed by atoms with E-state index in [1.807, 2.05) is 13.8 Å². The van der Waals surface area contributed by atoms with Crippen molar-refractivity contribution < 1.29 is 22.1 Å². The molecule has 0 atom stereocenters. The zero-order chi connectivity index (χ0) is 17.9. The highest BCUT2D eigenvalue weighted by Gasteiger charge is 2.22. The van der Waals surface area contributed by atoms with Gasteiger partial charge in [0.25, 0.3) is 10.0 Å². The number of hydrogen-bond acceptors (Lipinski definition) is 7. The van der Waals surface area contributed by atoms with Gasteiger partial charge < -0.3 is 13.7 Å². The van der Waals surface area contributed by atoms with Crippen LogP contribution in [0.25, 0.3) is 11.5 Å². The first kappa shape index (κ1) is 18.1. The highest BCUT2D eigenvalue weighted by atomic mass is 32.2. The Labute approximate surface area is 147 Å². The van der Waals surface area contributed by atoms with Gasteiger partial charge in [-0.25, -0.2) is 13.1 Å². The van der Waals surface area contributed by atoms with Crippen LogP contribution in [0.2, 0.25) is 0 Å². The molecule has 9 heteroatoms. The van der Waals surface area contributed by atoms with Crippen LogP contribution < -0.4 is 4.72 Å². The van der Waals surface area contributed by atoms with Crippen molar-refractivity contribution in [3.8, 4) is 11.5 Å². The Morgan fingerprint density at radius 2 is 2.00 bits per heavy atom. The molecule has 0 radical (unpaired) electrons. The number of aryl methyl sites for hydroxylation is 1. The van der Waals surface area contributed by atoms with E-state index in [2.05, 4.69) is 14.8 Å². The van der Waals surface area contributed by atoms with Gasteiger partial charge in [-0.1, -0.05) is 5.16 Å². The molecule has 0 bridgehead atoms. The van der Waals surface area contributed by atoms with E-state index < -0.39 is 10.0 Å². The lowest BCUT2D eigenvalue weighted by Gasteiger charge is -2.26. The average Bonchev–Trinajstić information content (AvgIpc) is 3.21. The molecule has 0 aromatic carbocycles. The summed E-state index contributed by atoms with van der Waals surface area (Å²) in [5, 5.41) is 3.73. The molecule has 1 fully saturated rings. The fourth-order valence-corrected chi connectivity index (χ4v) is 3.64. The SMILES string of the molecule is Cc1noc(-c2ccc(S(=O)(=O)NCCCN3CCOCC3)o2)c1C. The molecular formula is C16H23N3O5S. The summed E-state index contributed by atoms with van der Waals surface area (Å²) in [6, 6.07) is 3.01. The number of nitrogens with one attached hydrogen (secondary N) is 1. The largest absolute Gasteiger partial charge is 0.440 e. The summed E-state index contributed by atoms with van der Waals surface area (Å²) < 4.78 is 43.2. The van der Waals surface area contributed by atoms with Crippen LogP contribution in [0.4, 0.5) is 0 Å². The van der Waals surface area contributed by atoms with Crippen LogP contribution in [0.3, 0.4) is 0 Å². The Bertz CT molecular complexity index is 806. The van der Waals surface area contributed by atoms with Crippen LogP contribution in [-0.2, 0) is 14.8 Å². The minimum atomic E-state index is -3.68. The van der Waals surface area contributed by atoms with Gasteiger partial charge in [0.15, 0.2) is 5.76 Å². The van der Waals surface area contributed by atoms with Gasteiger partial charge in [-0.15, -0.1) is 0 Å². The Balaban J connectivity index is 1.56. The molecule has 138 valence electrons. The van der Waals surface area contributed by atoms with Crippen LogP contribution in [0.1, 0.15) is 17.7 Å². The fourth-order valence-electron chi connectivity index (χ4n) is 2.64. The fraction of sp³-hybridized carbons (Fsp3) is 0.562. The second kappa shape index (κ2) is 7.69. The summed E-state index contributed by atoms with van der Waals surface area (Å²) >= 11 is 0. The van der Waals surface area contributed by atoms with E-state index in [0.29, 0.717) is 18.1 Å². The van der Waals surface area contributed by atoms with E-state index in [0.717, 1.165) is 50.5 Å². The number of hydrogen-bond donors (Lipinski definition) is 1. The lowest BCUT2D eigenvalue weighted by molar-refractivity contribution is 0.0376. The smallest absolute Gasteiger partial charge is 0.273 e. The van der Waals surface area contributed by atoms with Gasteiger partial charge in [0.1, 0.15) is 0 Å². The molecule has 0 amide bonds. The quantitative estimate of drug-likeness (QED) is 0.740. The molecule has 2 aromatic heterocycles. The first-order valence-corrected chi connectivity index (χ1v) is 9.78. The van der Waals surface area contributed by atoms with Gasteiger partial charge in [-0.2, -0.15) is 0 Å². The molecule has 0 aliphatic carbocycles. The molecular weight excluding hydrogens is 346 g/mol. The standard InChI is InChI=1S/C16H23N3O5S/c1-12-13(2)18-24-16(12)14-4-5-15(23-14)25(20,21)17-6-3-7-19-8-10-22-11-9-19/h4-5,17H,3,6-11H2,1-2H3. The van der Waals surface area contributed by atoms with E-state index in [-0.39, 0.29) is 5.09 Å². The highest BCUT2D eigenvalue weighted by Crippen LogP contribution is 2.28. The number of sulfonamides is 1. The second-order valence-corrected chi connectivity index (χ2v) is 7.74. The molecule has 1 N–H and O–H groups in total. The Hall–Kier alpha value is -1.68. The van der Waals surface area contributed by atoms with Gasteiger partial charge in [0.2, 0.25) is 10.9 Å². The first-order valence-electron chi connectivity index (χ1n) is 8.30. The number of aromatic nitrogens is 1. The maximum atomic E-state index is 12.3. The summed E-state index contributed by atoms with van der Waals surface area (Å²) in [6.45, 7) is 8.13. The molecule has 2 aromatic rings. The summed E-state index contributed by atoms with van der Waals surface area (Å²) in [5.41, 5.74) is 1.58. The molecule has 0 spiro atoms. The normalized spacial score (nSPS) is 16.4. The lowest BCUT2D eigenvalue weighted by Crippen LogP contribution is -2.38. The topological polar surface area (TPSA) is 97.8 Å². The van der Waals surface area contributed by atoms with Crippen molar-refractivity contribution >= 4 is 10.0 Å². The molecule has 3 heterocycles. The van der Waals surface area contributed by atoms with Gasteiger partial charge in [0, 0.05) is 25.2 Å². The van der Waals surface area contributed by atoms with Crippen molar-refractivity contribution in [2.24, 2.45) is 0 Å². The monoisotopic (exact) mass is 369 g/mol. The third kappa shape index (κ3) is 4.30. The van der Waals surface area contributed by atoms with E-state index >= 15 is 0 Å². The molecule has 3 rings (SSSR count). The highest BCUT2D eigenvalue weighted by molar-refractivity contribution is 7.89. The first-order chi connectivity index (χ1) is 12.0. The van der Waals surface area contributed by atoms with Crippen LogP contribution >= 0.6 is 0 Å². The lowest BCUT2D eigenvalue weighted by atomic mass is 10.2. The molecule has 1 saturated heterocycles. The predicted molar refractivity (Wildman–Crippen MR) is 90.7 cm³/mol. The Morgan fingerprint density at radius 3 is 2.68 bits per heavy atom. The van der Waals surface area contributed by atoms with Gasteiger partial charge >= 0.3 is 0 Å². The molecule has 1 aliphatic heterocycles. The Kier molecular flexibility index (Phi) is 5.57. The van der Waals surface area contributed by atoms with E-state index in [1.165, 1.54) is 6.07 Å². The van der Waals surface area contributed by atoms with Crippen LogP contribution in [0.5, 0.6) is 0 Å².